The normalized spacial score (nSPS) is 16.9. The molecule has 1 amide bonds. The van der Waals surface area contributed by atoms with E-state index >= 15 is 0 Å². The fourth-order valence-corrected chi connectivity index (χ4v) is 1.75. The fraction of sp³-hybridized carbons (Fsp3) is 0.455. The number of rotatable bonds is 3. The summed E-state index contributed by atoms with van der Waals surface area (Å²) >= 11 is 6.16. The number of carbonyl (C=O) groups is 1. The Balaban J connectivity index is 2.30. The van der Waals surface area contributed by atoms with Gasteiger partial charge >= 0.3 is 0 Å². The van der Waals surface area contributed by atoms with Gasteiger partial charge in [-0.15, -0.1) is 11.6 Å². The maximum atomic E-state index is 11.7. The van der Waals surface area contributed by atoms with Gasteiger partial charge in [-0.2, -0.15) is 0 Å². The highest BCUT2D eigenvalue weighted by atomic mass is 35.5. The van der Waals surface area contributed by atoms with Crippen LogP contribution in [0.15, 0.2) is 16.9 Å². The molecule has 1 aliphatic rings. The minimum absolute atomic E-state index is 0.131. The Labute approximate surface area is 98.0 Å². The third-order valence-electron chi connectivity index (χ3n) is 2.66. The van der Waals surface area contributed by atoms with Crippen LogP contribution in [0.3, 0.4) is 0 Å². The third-order valence-corrected chi connectivity index (χ3v) is 3.24. The molecule has 0 spiro atoms. The van der Waals surface area contributed by atoms with Crippen molar-refractivity contribution < 1.29 is 4.79 Å². The van der Waals surface area contributed by atoms with Crippen LogP contribution in [0.2, 0.25) is 0 Å². The zero-order valence-corrected chi connectivity index (χ0v) is 9.73. The Morgan fingerprint density at radius 3 is 2.75 bits per heavy atom. The van der Waals surface area contributed by atoms with Crippen molar-refractivity contribution in [2.24, 2.45) is 0 Å². The average molecular weight is 241 g/mol. The maximum Gasteiger partial charge on any atom is 0.261 e. The minimum atomic E-state index is -0.404. The molecule has 0 aromatic carbocycles. The van der Waals surface area contributed by atoms with Crippen LogP contribution in [0.4, 0.5) is 0 Å². The summed E-state index contributed by atoms with van der Waals surface area (Å²) in [6.45, 7) is 2.30. The summed E-state index contributed by atoms with van der Waals surface area (Å²) in [5.41, 5.74) is 0.453. The van der Waals surface area contributed by atoms with Crippen LogP contribution in [0, 0.1) is 0 Å². The summed E-state index contributed by atoms with van der Waals surface area (Å²) in [7, 11) is 0. The topological polar surface area (TPSA) is 62.0 Å². The second-order valence-corrected chi connectivity index (χ2v) is 4.66. The van der Waals surface area contributed by atoms with Crippen LogP contribution < -0.4 is 10.9 Å². The molecule has 1 aliphatic carbocycles. The van der Waals surface area contributed by atoms with Crippen LogP contribution in [-0.2, 0) is 4.87 Å². The number of amides is 1. The predicted molar refractivity (Wildman–Crippen MR) is 61.8 cm³/mol. The molecule has 0 radical (unpaired) electrons. The van der Waals surface area contributed by atoms with E-state index in [1.807, 2.05) is 0 Å². The molecule has 1 fully saturated rings. The van der Waals surface area contributed by atoms with E-state index in [0.717, 1.165) is 12.8 Å². The van der Waals surface area contributed by atoms with Gasteiger partial charge in [0.15, 0.2) is 0 Å². The second kappa shape index (κ2) is 3.94. The van der Waals surface area contributed by atoms with Crippen molar-refractivity contribution in [3.05, 3.63) is 33.7 Å². The van der Waals surface area contributed by atoms with E-state index in [2.05, 4.69) is 10.3 Å². The molecule has 0 bridgehead atoms. The first kappa shape index (κ1) is 11.2. The quantitative estimate of drug-likeness (QED) is 0.784. The zero-order valence-electron chi connectivity index (χ0n) is 8.97. The number of pyridine rings is 1. The summed E-state index contributed by atoms with van der Waals surface area (Å²) in [5.74, 6) is -0.352. The van der Waals surface area contributed by atoms with Crippen LogP contribution in [-0.4, -0.2) is 17.4 Å². The molecule has 4 nitrogen and oxygen atoms in total. The summed E-state index contributed by atoms with van der Waals surface area (Å²) in [5, 5.41) is 2.58. The summed E-state index contributed by atoms with van der Waals surface area (Å²) in [6, 6.07) is 3.24. The lowest BCUT2D eigenvalue weighted by Gasteiger charge is -2.07. The highest BCUT2D eigenvalue weighted by molar-refractivity contribution is 6.25. The second-order valence-electron chi connectivity index (χ2n) is 3.94. The van der Waals surface area contributed by atoms with Gasteiger partial charge in [-0.25, -0.2) is 0 Å². The fourth-order valence-electron chi connectivity index (χ4n) is 1.55. The van der Waals surface area contributed by atoms with E-state index in [0.29, 0.717) is 12.2 Å². The Morgan fingerprint density at radius 1 is 1.56 bits per heavy atom. The van der Waals surface area contributed by atoms with E-state index in [1.54, 1.807) is 13.0 Å². The lowest BCUT2D eigenvalue weighted by molar-refractivity contribution is 0.0954. The molecule has 5 heteroatoms. The molecular formula is C11H13ClN2O2. The third kappa shape index (κ3) is 1.97. The molecule has 1 aromatic heterocycles. The van der Waals surface area contributed by atoms with E-state index in [1.165, 1.54) is 6.07 Å². The van der Waals surface area contributed by atoms with E-state index < -0.39 is 4.87 Å². The Morgan fingerprint density at radius 2 is 2.25 bits per heavy atom. The number of nitrogens with one attached hydrogen (secondary N) is 2. The van der Waals surface area contributed by atoms with Gasteiger partial charge in [0, 0.05) is 12.2 Å². The first-order valence-corrected chi connectivity index (χ1v) is 5.65. The standard InChI is InChI=1S/C11H13ClN2O2/c1-2-13-9(15)7-3-4-8(14-10(7)16)11(12)5-6-11/h3-4H,2,5-6H2,1H3,(H,13,15)(H,14,16). The molecule has 0 saturated heterocycles. The number of H-pyrrole nitrogens is 1. The lowest BCUT2D eigenvalue weighted by atomic mass is 10.2. The Bertz CT molecular complexity index is 477. The van der Waals surface area contributed by atoms with Crippen molar-refractivity contribution in [1.82, 2.24) is 10.3 Å². The molecule has 2 N–H and O–H groups in total. The molecule has 86 valence electrons. The van der Waals surface area contributed by atoms with Crippen molar-refractivity contribution in [2.75, 3.05) is 6.54 Å². The van der Waals surface area contributed by atoms with Crippen LogP contribution in [0.5, 0.6) is 0 Å². The van der Waals surface area contributed by atoms with Crippen molar-refractivity contribution in [3.8, 4) is 0 Å². The van der Waals surface area contributed by atoms with Gasteiger partial charge in [-0.1, -0.05) is 0 Å². The van der Waals surface area contributed by atoms with Crippen LogP contribution >= 0.6 is 11.6 Å². The van der Waals surface area contributed by atoms with Crippen molar-refractivity contribution in [3.63, 3.8) is 0 Å². The predicted octanol–water partition coefficient (Wildman–Crippen LogP) is 1.35. The van der Waals surface area contributed by atoms with Crippen molar-refractivity contribution in [2.45, 2.75) is 24.6 Å². The number of aromatic nitrogens is 1. The molecule has 1 saturated carbocycles. The summed E-state index contributed by atoms with van der Waals surface area (Å²) in [6.07, 6.45) is 1.73. The number of halogens is 1. The van der Waals surface area contributed by atoms with Crippen molar-refractivity contribution >= 4 is 17.5 Å². The zero-order chi connectivity index (χ0) is 11.8. The van der Waals surface area contributed by atoms with Gasteiger partial charge in [0.25, 0.3) is 11.5 Å². The molecular weight excluding hydrogens is 228 g/mol. The first-order valence-electron chi connectivity index (χ1n) is 5.28. The SMILES string of the molecule is CCNC(=O)c1ccc(C2(Cl)CC2)[nH]c1=O. The minimum Gasteiger partial charge on any atom is -0.352 e. The van der Waals surface area contributed by atoms with E-state index in [9.17, 15) is 9.59 Å². The number of aromatic amines is 1. The number of carbonyl (C=O) groups excluding carboxylic acids is 1. The highest BCUT2D eigenvalue weighted by Crippen LogP contribution is 2.50. The largest absolute Gasteiger partial charge is 0.352 e. The molecule has 16 heavy (non-hydrogen) atoms. The Hall–Kier alpha value is -1.29. The van der Waals surface area contributed by atoms with E-state index in [4.69, 9.17) is 11.6 Å². The van der Waals surface area contributed by atoms with Gasteiger partial charge in [-0.3, -0.25) is 9.59 Å². The molecule has 0 aliphatic heterocycles. The van der Waals surface area contributed by atoms with Gasteiger partial charge in [0.1, 0.15) is 5.56 Å². The molecule has 1 aromatic rings. The summed E-state index contributed by atoms with van der Waals surface area (Å²) in [4.78, 5) is 25.4. The molecule has 0 atom stereocenters. The Kier molecular flexibility index (Phi) is 2.76. The van der Waals surface area contributed by atoms with Crippen molar-refractivity contribution in [1.29, 1.82) is 0 Å². The monoisotopic (exact) mass is 240 g/mol. The average Bonchev–Trinajstić information content (AvgIpc) is 2.98. The number of hydrogen-bond donors (Lipinski definition) is 2. The summed E-state index contributed by atoms with van der Waals surface area (Å²) < 4.78 is 0. The molecule has 2 rings (SSSR count). The first-order chi connectivity index (χ1) is 7.57. The van der Waals surface area contributed by atoms with Crippen LogP contribution in [0.1, 0.15) is 35.8 Å². The van der Waals surface area contributed by atoms with Gasteiger partial charge in [0.05, 0.1) is 4.87 Å². The van der Waals surface area contributed by atoms with Gasteiger partial charge < -0.3 is 10.3 Å². The van der Waals surface area contributed by atoms with E-state index in [-0.39, 0.29) is 17.0 Å². The molecule has 1 heterocycles. The lowest BCUT2D eigenvalue weighted by Crippen LogP contribution is -2.30. The number of hydrogen-bond acceptors (Lipinski definition) is 2. The van der Waals surface area contributed by atoms with Crippen LogP contribution in [0.25, 0.3) is 0 Å². The van der Waals surface area contributed by atoms with Gasteiger partial charge in [0.2, 0.25) is 0 Å². The smallest absolute Gasteiger partial charge is 0.261 e. The number of alkyl halides is 1. The van der Waals surface area contributed by atoms with Gasteiger partial charge in [-0.05, 0) is 31.9 Å². The maximum absolute atomic E-state index is 11.7. The molecule has 0 unspecified atom stereocenters. The highest BCUT2D eigenvalue weighted by Gasteiger charge is 2.43.